The van der Waals surface area contributed by atoms with Gasteiger partial charge in [0, 0.05) is 20.1 Å². The molecule has 3 unspecified atom stereocenters. The lowest BCUT2D eigenvalue weighted by Gasteiger charge is -2.40. The molecule has 0 bridgehead atoms. The van der Waals surface area contributed by atoms with Crippen LogP contribution in [0.15, 0.2) is 0 Å². The minimum atomic E-state index is -0.367. The maximum Gasteiger partial charge on any atom is 0.110 e. The Bertz CT molecular complexity index is 138. The Hall–Kier alpha value is -0.160. The van der Waals surface area contributed by atoms with Crippen LogP contribution in [0.2, 0.25) is 0 Å². The van der Waals surface area contributed by atoms with Gasteiger partial charge in [0.1, 0.15) is 6.10 Å². The summed E-state index contributed by atoms with van der Waals surface area (Å²) >= 11 is 0. The van der Waals surface area contributed by atoms with Crippen molar-refractivity contribution < 1.29 is 19.3 Å². The summed E-state index contributed by atoms with van der Waals surface area (Å²) in [5.41, 5.74) is 0. The number of hydrogen-bond acceptors (Lipinski definition) is 4. The highest BCUT2D eigenvalue weighted by atomic mass is 16.6. The molecular formula is C9H18O4. The summed E-state index contributed by atoms with van der Waals surface area (Å²) in [5, 5.41) is 9.36. The Labute approximate surface area is 78.8 Å². The van der Waals surface area contributed by atoms with E-state index < -0.39 is 0 Å². The number of methoxy groups -OCH3 is 1. The zero-order valence-electron chi connectivity index (χ0n) is 8.23. The Morgan fingerprint density at radius 2 is 2.08 bits per heavy atom. The van der Waals surface area contributed by atoms with Crippen LogP contribution in [0.3, 0.4) is 0 Å². The molecule has 0 spiro atoms. The van der Waals surface area contributed by atoms with Crippen molar-refractivity contribution >= 4 is 0 Å². The molecule has 1 fully saturated rings. The van der Waals surface area contributed by atoms with Crippen molar-refractivity contribution in [3.05, 3.63) is 0 Å². The van der Waals surface area contributed by atoms with Crippen LogP contribution >= 0.6 is 0 Å². The summed E-state index contributed by atoms with van der Waals surface area (Å²) in [5.74, 6) is 0. The fourth-order valence-electron chi connectivity index (χ4n) is 1.42. The molecule has 0 radical (unpaired) electrons. The standard InChI is InChI=1S/C9H18O4/c1-3-12-8-6-7(10)9(8)13-5-4-11-2/h7-10H,3-6H2,1-2H3. The third-order valence-corrected chi connectivity index (χ3v) is 2.20. The van der Waals surface area contributed by atoms with Gasteiger partial charge < -0.3 is 19.3 Å². The first-order valence-electron chi connectivity index (χ1n) is 4.69. The average Bonchev–Trinajstić information content (AvgIpc) is 2.12. The maximum atomic E-state index is 9.36. The molecule has 0 heterocycles. The van der Waals surface area contributed by atoms with Gasteiger partial charge in [0.05, 0.1) is 25.4 Å². The van der Waals surface area contributed by atoms with E-state index in [9.17, 15) is 5.11 Å². The zero-order chi connectivity index (χ0) is 9.68. The van der Waals surface area contributed by atoms with Gasteiger partial charge in [-0.1, -0.05) is 0 Å². The molecule has 1 aliphatic rings. The lowest BCUT2D eigenvalue weighted by atomic mass is 9.88. The van der Waals surface area contributed by atoms with E-state index in [1.807, 2.05) is 6.92 Å². The Morgan fingerprint density at radius 1 is 1.31 bits per heavy atom. The first-order valence-corrected chi connectivity index (χ1v) is 4.69. The van der Waals surface area contributed by atoms with Gasteiger partial charge in [-0.15, -0.1) is 0 Å². The second kappa shape index (κ2) is 5.54. The largest absolute Gasteiger partial charge is 0.390 e. The normalized spacial score (nSPS) is 33.0. The highest BCUT2D eigenvalue weighted by Crippen LogP contribution is 2.26. The van der Waals surface area contributed by atoms with E-state index in [0.29, 0.717) is 26.2 Å². The van der Waals surface area contributed by atoms with Crippen molar-refractivity contribution in [2.75, 3.05) is 26.9 Å². The molecule has 0 aromatic carbocycles. The molecule has 0 aromatic rings. The predicted molar refractivity (Wildman–Crippen MR) is 47.7 cm³/mol. The molecule has 0 aliphatic heterocycles. The van der Waals surface area contributed by atoms with Crippen LogP contribution in [0.4, 0.5) is 0 Å². The summed E-state index contributed by atoms with van der Waals surface area (Å²) in [6.07, 6.45) is 0.228. The molecule has 1 aliphatic carbocycles. The van der Waals surface area contributed by atoms with Gasteiger partial charge in [0.25, 0.3) is 0 Å². The number of aliphatic hydroxyl groups excluding tert-OH is 1. The molecule has 4 nitrogen and oxygen atoms in total. The summed E-state index contributed by atoms with van der Waals surface area (Å²) < 4.78 is 15.6. The molecule has 3 atom stereocenters. The van der Waals surface area contributed by atoms with E-state index in [0.717, 1.165) is 0 Å². The molecule has 1 N–H and O–H groups in total. The third-order valence-electron chi connectivity index (χ3n) is 2.20. The summed E-state index contributed by atoms with van der Waals surface area (Å²) in [6.45, 7) is 3.68. The highest BCUT2D eigenvalue weighted by Gasteiger charge is 2.41. The van der Waals surface area contributed by atoms with Crippen LogP contribution in [0.25, 0.3) is 0 Å². The zero-order valence-corrected chi connectivity index (χ0v) is 8.23. The van der Waals surface area contributed by atoms with E-state index >= 15 is 0 Å². The van der Waals surface area contributed by atoms with Gasteiger partial charge in [0.2, 0.25) is 0 Å². The van der Waals surface area contributed by atoms with Crippen molar-refractivity contribution in [2.24, 2.45) is 0 Å². The van der Waals surface area contributed by atoms with Crippen LogP contribution in [0, 0.1) is 0 Å². The Kier molecular flexibility index (Phi) is 4.66. The van der Waals surface area contributed by atoms with Gasteiger partial charge in [0.15, 0.2) is 0 Å². The van der Waals surface area contributed by atoms with Crippen LogP contribution in [-0.4, -0.2) is 50.3 Å². The molecular weight excluding hydrogens is 172 g/mol. The van der Waals surface area contributed by atoms with E-state index in [1.165, 1.54) is 0 Å². The molecule has 1 rings (SSSR count). The smallest absolute Gasteiger partial charge is 0.110 e. The fraction of sp³-hybridized carbons (Fsp3) is 1.00. The van der Waals surface area contributed by atoms with Crippen molar-refractivity contribution in [1.82, 2.24) is 0 Å². The van der Waals surface area contributed by atoms with E-state index in [-0.39, 0.29) is 18.3 Å². The van der Waals surface area contributed by atoms with Crippen molar-refractivity contribution in [3.63, 3.8) is 0 Å². The Morgan fingerprint density at radius 3 is 2.62 bits per heavy atom. The third kappa shape index (κ3) is 2.91. The SMILES string of the molecule is CCOC1CC(O)C1OCCOC. The monoisotopic (exact) mass is 190 g/mol. The maximum absolute atomic E-state index is 9.36. The lowest BCUT2D eigenvalue weighted by molar-refractivity contribution is -0.193. The van der Waals surface area contributed by atoms with E-state index in [2.05, 4.69) is 0 Å². The highest BCUT2D eigenvalue weighted by molar-refractivity contribution is 4.91. The molecule has 4 heteroatoms. The molecule has 0 aromatic heterocycles. The molecule has 78 valence electrons. The lowest BCUT2D eigenvalue weighted by Crippen LogP contribution is -2.53. The first-order chi connectivity index (χ1) is 6.29. The fourth-order valence-corrected chi connectivity index (χ4v) is 1.42. The number of hydrogen-bond donors (Lipinski definition) is 1. The molecule has 1 saturated carbocycles. The minimum absolute atomic E-state index is 0.0665. The van der Waals surface area contributed by atoms with E-state index in [1.54, 1.807) is 7.11 Å². The van der Waals surface area contributed by atoms with Crippen LogP contribution in [0.5, 0.6) is 0 Å². The average molecular weight is 190 g/mol. The van der Waals surface area contributed by atoms with Gasteiger partial charge in [-0.25, -0.2) is 0 Å². The predicted octanol–water partition coefficient (Wildman–Crippen LogP) is 0.188. The first kappa shape index (κ1) is 10.9. The molecule has 0 amide bonds. The number of rotatable bonds is 6. The van der Waals surface area contributed by atoms with Gasteiger partial charge in [-0.2, -0.15) is 0 Å². The summed E-state index contributed by atoms with van der Waals surface area (Å²) in [4.78, 5) is 0. The van der Waals surface area contributed by atoms with Gasteiger partial charge in [-0.3, -0.25) is 0 Å². The second-order valence-corrected chi connectivity index (χ2v) is 3.13. The van der Waals surface area contributed by atoms with Crippen LogP contribution in [-0.2, 0) is 14.2 Å². The molecule has 0 saturated heterocycles. The van der Waals surface area contributed by atoms with E-state index in [4.69, 9.17) is 14.2 Å². The van der Waals surface area contributed by atoms with Crippen LogP contribution < -0.4 is 0 Å². The van der Waals surface area contributed by atoms with Crippen molar-refractivity contribution in [2.45, 2.75) is 31.7 Å². The van der Waals surface area contributed by atoms with Gasteiger partial charge in [-0.05, 0) is 6.92 Å². The summed E-state index contributed by atoms with van der Waals surface area (Å²) in [7, 11) is 1.63. The summed E-state index contributed by atoms with van der Waals surface area (Å²) in [6, 6.07) is 0. The topological polar surface area (TPSA) is 47.9 Å². The number of aliphatic hydroxyl groups is 1. The number of ether oxygens (including phenoxy) is 3. The Balaban J connectivity index is 2.14. The van der Waals surface area contributed by atoms with Crippen LogP contribution in [0.1, 0.15) is 13.3 Å². The van der Waals surface area contributed by atoms with Crippen molar-refractivity contribution in [1.29, 1.82) is 0 Å². The van der Waals surface area contributed by atoms with Crippen molar-refractivity contribution in [3.8, 4) is 0 Å². The molecule has 13 heavy (non-hydrogen) atoms. The quantitative estimate of drug-likeness (QED) is 0.607. The minimum Gasteiger partial charge on any atom is -0.390 e. The second-order valence-electron chi connectivity index (χ2n) is 3.13. The van der Waals surface area contributed by atoms with Gasteiger partial charge >= 0.3 is 0 Å².